The third-order valence-electron chi connectivity index (χ3n) is 2.88. The molecule has 78 valence electrons. The minimum Gasteiger partial charge on any atom is -0.381 e. The Balaban J connectivity index is 2.43. The molecule has 2 aliphatic rings. The number of carbonyl (C=O) groups excluding carboxylic acids is 1. The Morgan fingerprint density at radius 3 is 2.94 bits per heavy atom. The van der Waals surface area contributed by atoms with Gasteiger partial charge in [0.05, 0.1) is 0 Å². The van der Waals surface area contributed by atoms with E-state index in [4.69, 9.17) is 0 Å². The van der Waals surface area contributed by atoms with Crippen LogP contribution in [-0.2, 0) is 0 Å². The Labute approximate surface area is 93.3 Å². The monoisotopic (exact) mass is 209 g/mol. The maximum atomic E-state index is 11.9. The summed E-state index contributed by atoms with van der Waals surface area (Å²) in [6, 6.07) is 3.87. The molecule has 0 fully saturated rings. The molecule has 0 saturated carbocycles. The van der Waals surface area contributed by atoms with Crippen molar-refractivity contribution in [3.05, 3.63) is 52.4 Å². The van der Waals surface area contributed by atoms with E-state index in [2.05, 4.69) is 11.4 Å². The first-order valence-corrected chi connectivity index (χ1v) is 5.33. The highest BCUT2D eigenvalue weighted by Gasteiger charge is 2.10. The number of nitrogens with one attached hydrogen (secondary N) is 1. The Hall–Kier alpha value is -2.09. The third kappa shape index (κ3) is 1.31. The molecular formula is C14H11NO. The molecule has 1 heterocycles. The number of allylic oxidation sites excluding steroid dienone is 4. The molecule has 0 amide bonds. The van der Waals surface area contributed by atoms with E-state index in [9.17, 15) is 4.79 Å². The van der Waals surface area contributed by atoms with Crippen LogP contribution in [0.25, 0.3) is 12.2 Å². The molecule has 0 unspecified atom stereocenters. The molecule has 0 spiro atoms. The van der Waals surface area contributed by atoms with Crippen LogP contribution in [0.3, 0.4) is 0 Å². The highest BCUT2D eigenvalue weighted by Crippen LogP contribution is 2.05. The number of hydrogen-bond acceptors (Lipinski definition) is 2. The van der Waals surface area contributed by atoms with Gasteiger partial charge in [-0.25, -0.2) is 0 Å². The second-order valence-corrected chi connectivity index (χ2v) is 3.85. The molecule has 1 N–H and O–H groups in total. The molecule has 1 aromatic carbocycles. The van der Waals surface area contributed by atoms with Gasteiger partial charge in [-0.15, -0.1) is 0 Å². The minimum atomic E-state index is 0.0682. The highest BCUT2D eigenvalue weighted by atomic mass is 16.1. The van der Waals surface area contributed by atoms with E-state index in [-0.39, 0.29) is 5.78 Å². The lowest BCUT2D eigenvalue weighted by Gasteiger charge is -2.03. The second-order valence-electron chi connectivity index (χ2n) is 3.85. The Bertz CT molecular complexity index is 635. The van der Waals surface area contributed by atoms with Gasteiger partial charge in [0.25, 0.3) is 0 Å². The maximum Gasteiger partial charge on any atom is 0.186 e. The van der Waals surface area contributed by atoms with Crippen molar-refractivity contribution in [1.29, 1.82) is 0 Å². The Kier molecular flexibility index (Phi) is 2.00. The van der Waals surface area contributed by atoms with Crippen LogP contribution in [0.4, 0.5) is 5.69 Å². The molecule has 0 atom stereocenters. The first kappa shape index (κ1) is 9.16. The number of rotatable bonds is 0. The number of hydrogen-bond donors (Lipinski definition) is 1. The normalized spacial score (nSPS) is 16.4. The van der Waals surface area contributed by atoms with E-state index < -0.39 is 0 Å². The summed E-state index contributed by atoms with van der Waals surface area (Å²) in [5, 5.41) is 5.44. The van der Waals surface area contributed by atoms with E-state index in [0.717, 1.165) is 28.2 Å². The number of carbonyl (C=O) groups is 1. The SMILES string of the molecule is O=C1C=CC=CC=c2c1ccc1c2=CCN1. The second kappa shape index (κ2) is 3.49. The van der Waals surface area contributed by atoms with Crippen molar-refractivity contribution in [3.8, 4) is 0 Å². The van der Waals surface area contributed by atoms with E-state index in [1.54, 1.807) is 12.2 Å². The zero-order valence-electron chi connectivity index (χ0n) is 8.73. The average Bonchev–Trinajstić information content (AvgIpc) is 2.73. The molecule has 3 rings (SSSR count). The van der Waals surface area contributed by atoms with Crippen LogP contribution in [0.1, 0.15) is 10.4 Å². The van der Waals surface area contributed by atoms with Crippen molar-refractivity contribution in [2.24, 2.45) is 0 Å². The molecule has 1 aromatic rings. The van der Waals surface area contributed by atoms with Crippen LogP contribution >= 0.6 is 0 Å². The molecule has 2 heteroatoms. The summed E-state index contributed by atoms with van der Waals surface area (Å²) in [6.45, 7) is 0.841. The number of fused-ring (bicyclic) bond motifs is 3. The first-order chi connectivity index (χ1) is 7.86. The van der Waals surface area contributed by atoms with Gasteiger partial charge in [-0.05, 0) is 23.4 Å². The predicted molar refractivity (Wildman–Crippen MR) is 65.7 cm³/mol. The maximum absolute atomic E-state index is 11.9. The number of ketones is 1. The average molecular weight is 209 g/mol. The van der Waals surface area contributed by atoms with Crippen molar-refractivity contribution in [1.82, 2.24) is 0 Å². The van der Waals surface area contributed by atoms with Crippen LogP contribution in [0.5, 0.6) is 0 Å². The van der Waals surface area contributed by atoms with Gasteiger partial charge < -0.3 is 5.32 Å². The van der Waals surface area contributed by atoms with Gasteiger partial charge in [0.15, 0.2) is 5.78 Å². The van der Waals surface area contributed by atoms with Crippen LogP contribution in [0.15, 0.2) is 36.4 Å². The van der Waals surface area contributed by atoms with Gasteiger partial charge in [-0.3, -0.25) is 4.79 Å². The number of anilines is 1. The summed E-state index contributed by atoms with van der Waals surface area (Å²) < 4.78 is 0. The van der Waals surface area contributed by atoms with Crippen LogP contribution in [0, 0.1) is 0 Å². The van der Waals surface area contributed by atoms with Gasteiger partial charge in [-0.2, -0.15) is 0 Å². The molecule has 0 bridgehead atoms. The van der Waals surface area contributed by atoms with E-state index in [1.165, 1.54) is 0 Å². The first-order valence-electron chi connectivity index (χ1n) is 5.33. The van der Waals surface area contributed by atoms with Crippen molar-refractivity contribution in [3.63, 3.8) is 0 Å². The summed E-state index contributed by atoms with van der Waals surface area (Å²) in [7, 11) is 0. The third-order valence-corrected chi connectivity index (χ3v) is 2.88. The van der Waals surface area contributed by atoms with E-state index in [1.807, 2.05) is 30.4 Å². The van der Waals surface area contributed by atoms with Crippen molar-refractivity contribution in [2.45, 2.75) is 0 Å². The summed E-state index contributed by atoms with van der Waals surface area (Å²) in [5.41, 5.74) is 1.89. The fraction of sp³-hybridized carbons (Fsp3) is 0.0714. The minimum absolute atomic E-state index is 0.0682. The van der Waals surface area contributed by atoms with Gasteiger partial charge in [0, 0.05) is 23.0 Å². The fourth-order valence-corrected chi connectivity index (χ4v) is 2.12. The lowest BCUT2D eigenvalue weighted by molar-refractivity contribution is 0.104. The molecule has 0 radical (unpaired) electrons. The Morgan fingerprint density at radius 2 is 2.00 bits per heavy atom. The van der Waals surface area contributed by atoms with E-state index in [0.29, 0.717) is 0 Å². The highest BCUT2D eigenvalue weighted by molar-refractivity contribution is 6.05. The van der Waals surface area contributed by atoms with Crippen molar-refractivity contribution >= 4 is 23.6 Å². The predicted octanol–water partition coefficient (Wildman–Crippen LogP) is 0.982. The van der Waals surface area contributed by atoms with Crippen molar-refractivity contribution in [2.75, 3.05) is 11.9 Å². The summed E-state index contributed by atoms with van der Waals surface area (Å²) in [6.07, 6.45) is 11.3. The van der Waals surface area contributed by atoms with Crippen molar-refractivity contribution < 1.29 is 4.79 Å². The standard InChI is InChI=1S/C14H11NO/c16-14-5-3-1-2-4-10-11-8-9-15-13(11)7-6-12(10)14/h1-8,15H,9H2. The van der Waals surface area contributed by atoms with Gasteiger partial charge in [0.2, 0.25) is 0 Å². The summed E-state index contributed by atoms with van der Waals surface area (Å²) in [4.78, 5) is 11.9. The number of benzene rings is 1. The Morgan fingerprint density at radius 1 is 1.06 bits per heavy atom. The molecule has 0 saturated heterocycles. The zero-order chi connectivity index (χ0) is 11.0. The molecule has 16 heavy (non-hydrogen) atoms. The largest absolute Gasteiger partial charge is 0.381 e. The van der Waals surface area contributed by atoms with Gasteiger partial charge in [-0.1, -0.05) is 30.4 Å². The fourth-order valence-electron chi connectivity index (χ4n) is 2.12. The molecular weight excluding hydrogens is 198 g/mol. The lowest BCUT2D eigenvalue weighted by Crippen LogP contribution is -2.30. The van der Waals surface area contributed by atoms with Gasteiger partial charge >= 0.3 is 0 Å². The molecule has 2 nitrogen and oxygen atoms in total. The topological polar surface area (TPSA) is 29.1 Å². The molecule has 1 aliphatic carbocycles. The summed E-state index contributed by atoms with van der Waals surface area (Å²) in [5.74, 6) is 0.0682. The smallest absolute Gasteiger partial charge is 0.186 e. The van der Waals surface area contributed by atoms with Crippen LogP contribution < -0.4 is 15.8 Å². The van der Waals surface area contributed by atoms with Crippen LogP contribution in [0.2, 0.25) is 0 Å². The van der Waals surface area contributed by atoms with Crippen LogP contribution in [-0.4, -0.2) is 12.3 Å². The quantitative estimate of drug-likeness (QED) is 0.690. The molecule has 0 aromatic heterocycles. The zero-order valence-corrected chi connectivity index (χ0v) is 8.73. The summed E-state index contributed by atoms with van der Waals surface area (Å²) >= 11 is 0. The molecule has 1 aliphatic heterocycles. The van der Waals surface area contributed by atoms with Gasteiger partial charge in [0.1, 0.15) is 0 Å². The lowest BCUT2D eigenvalue weighted by atomic mass is 10.0. The van der Waals surface area contributed by atoms with E-state index >= 15 is 0 Å².